The largest absolute Gasteiger partial charge is 0.509 e. The molecule has 0 spiro atoms. The van der Waals surface area contributed by atoms with Gasteiger partial charge in [-0.15, -0.1) is 5.46 Å². The number of halogens is 3. The second kappa shape index (κ2) is 2.48. The van der Waals surface area contributed by atoms with E-state index in [1.807, 2.05) is 0 Å². The molecule has 0 radical (unpaired) electrons. The normalized spacial score (nSPS) is 12.2. The SMILES string of the molecule is F[B-](F)(F)c1ccc2nonc2c1. The minimum absolute atomic E-state index is 0.122. The third-order valence-corrected chi connectivity index (χ3v) is 1.66. The minimum atomic E-state index is -4.97. The Morgan fingerprint density at radius 2 is 1.77 bits per heavy atom. The van der Waals surface area contributed by atoms with E-state index in [0.29, 0.717) is 5.52 Å². The predicted molar refractivity (Wildman–Crippen MR) is 40.5 cm³/mol. The molecule has 1 heterocycles. The van der Waals surface area contributed by atoms with Crippen molar-refractivity contribution in [2.24, 2.45) is 0 Å². The van der Waals surface area contributed by atoms with E-state index in [0.717, 1.165) is 12.1 Å². The molecule has 2 rings (SSSR count). The fourth-order valence-electron chi connectivity index (χ4n) is 1.00. The average Bonchev–Trinajstić information content (AvgIpc) is 2.47. The van der Waals surface area contributed by atoms with Gasteiger partial charge in [0.1, 0.15) is 11.0 Å². The first-order valence-corrected chi connectivity index (χ1v) is 3.49. The smallest absolute Gasteiger partial charge is 0.445 e. The monoisotopic (exact) mass is 187 g/mol. The zero-order chi connectivity index (χ0) is 9.47. The first kappa shape index (κ1) is 8.09. The summed E-state index contributed by atoms with van der Waals surface area (Å²) in [5.74, 6) is 0. The number of hydrogen-bond donors (Lipinski definition) is 0. The van der Waals surface area contributed by atoms with E-state index in [2.05, 4.69) is 14.9 Å². The van der Waals surface area contributed by atoms with Crippen molar-refractivity contribution >= 4 is 23.5 Å². The highest BCUT2D eigenvalue weighted by molar-refractivity contribution is 6.73. The maximum atomic E-state index is 12.2. The van der Waals surface area contributed by atoms with Crippen LogP contribution in [0.5, 0.6) is 0 Å². The van der Waals surface area contributed by atoms with Crippen LogP contribution in [0.2, 0.25) is 0 Å². The highest BCUT2D eigenvalue weighted by Gasteiger charge is 2.25. The molecule has 2 aromatic rings. The van der Waals surface area contributed by atoms with Crippen LogP contribution >= 0.6 is 0 Å². The average molecular weight is 187 g/mol. The summed E-state index contributed by atoms with van der Waals surface area (Å²) in [7, 11) is 0. The molecule has 68 valence electrons. The lowest BCUT2D eigenvalue weighted by atomic mass is 9.80. The Morgan fingerprint density at radius 1 is 1.08 bits per heavy atom. The van der Waals surface area contributed by atoms with Gasteiger partial charge < -0.3 is 12.9 Å². The van der Waals surface area contributed by atoms with Crippen LogP contribution in [0, 0.1) is 0 Å². The van der Waals surface area contributed by atoms with Crippen LogP contribution in [-0.2, 0) is 0 Å². The molecule has 0 N–H and O–H groups in total. The molecular formula is C6H3BF3N2O-. The van der Waals surface area contributed by atoms with Crippen molar-refractivity contribution in [2.45, 2.75) is 0 Å². The lowest BCUT2D eigenvalue weighted by Gasteiger charge is -2.13. The van der Waals surface area contributed by atoms with Crippen molar-refractivity contribution in [1.82, 2.24) is 10.3 Å². The van der Waals surface area contributed by atoms with Crippen molar-refractivity contribution in [3.8, 4) is 0 Å². The molecule has 0 aliphatic heterocycles. The van der Waals surface area contributed by atoms with Crippen molar-refractivity contribution < 1.29 is 17.6 Å². The van der Waals surface area contributed by atoms with E-state index < -0.39 is 12.4 Å². The third kappa shape index (κ3) is 1.37. The predicted octanol–water partition coefficient (Wildman–Crippen LogP) is 1.28. The molecule has 0 saturated heterocycles. The highest BCUT2D eigenvalue weighted by atomic mass is 19.4. The van der Waals surface area contributed by atoms with Crippen LogP contribution in [0.4, 0.5) is 12.9 Å². The second-order valence-electron chi connectivity index (χ2n) is 2.59. The topological polar surface area (TPSA) is 38.9 Å². The van der Waals surface area contributed by atoms with Gasteiger partial charge in [-0.25, -0.2) is 4.63 Å². The maximum Gasteiger partial charge on any atom is 0.509 e. The number of rotatable bonds is 1. The fraction of sp³-hybridized carbons (Fsp3) is 0. The van der Waals surface area contributed by atoms with E-state index in [1.165, 1.54) is 6.07 Å². The van der Waals surface area contributed by atoms with Gasteiger partial charge in [0.05, 0.1) is 0 Å². The Balaban J connectivity index is 2.61. The Labute approximate surface area is 70.6 Å². The zero-order valence-electron chi connectivity index (χ0n) is 6.25. The molecule has 0 bridgehead atoms. The molecule has 0 fully saturated rings. The standard InChI is InChI=1S/C6H3BF3N2O/c8-7(9,10)4-1-2-5-6(3-4)12-13-11-5/h1-3H/q-1. The summed E-state index contributed by atoms with van der Waals surface area (Å²) >= 11 is 0. The number of hydrogen-bond acceptors (Lipinski definition) is 3. The first-order valence-electron chi connectivity index (χ1n) is 3.49. The molecule has 0 aliphatic carbocycles. The first-order chi connectivity index (χ1) is 6.07. The maximum absolute atomic E-state index is 12.2. The molecule has 0 unspecified atom stereocenters. The summed E-state index contributed by atoms with van der Waals surface area (Å²) in [5, 5.41) is 6.71. The molecule has 13 heavy (non-hydrogen) atoms. The van der Waals surface area contributed by atoms with Gasteiger partial charge in [0.15, 0.2) is 0 Å². The van der Waals surface area contributed by atoms with E-state index in [4.69, 9.17) is 0 Å². The molecule has 7 heteroatoms. The number of aromatic nitrogens is 2. The molecule has 1 aromatic heterocycles. The number of fused-ring (bicyclic) bond motifs is 1. The van der Waals surface area contributed by atoms with E-state index in [-0.39, 0.29) is 5.52 Å². The highest BCUT2D eigenvalue weighted by Crippen LogP contribution is 2.12. The molecular weight excluding hydrogens is 184 g/mol. The van der Waals surface area contributed by atoms with Crippen molar-refractivity contribution in [2.75, 3.05) is 0 Å². The lowest BCUT2D eigenvalue weighted by Crippen LogP contribution is -2.33. The van der Waals surface area contributed by atoms with Crippen molar-refractivity contribution in [3.63, 3.8) is 0 Å². The number of nitrogens with zero attached hydrogens (tertiary/aromatic N) is 2. The van der Waals surface area contributed by atoms with E-state index in [1.54, 1.807) is 0 Å². The quantitative estimate of drug-likeness (QED) is 0.631. The van der Waals surface area contributed by atoms with Gasteiger partial charge in [-0.1, -0.05) is 12.1 Å². The third-order valence-electron chi connectivity index (χ3n) is 1.66. The van der Waals surface area contributed by atoms with Gasteiger partial charge in [0.25, 0.3) is 0 Å². The van der Waals surface area contributed by atoms with Gasteiger partial charge in [0, 0.05) is 0 Å². The van der Waals surface area contributed by atoms with Gasteiger partial charge >= 0.3 is 6.98 Å². The van der Waals surface area contributed by atoms with Crippen molar-refractivity contribution in [1.29, 1.82) is 0 Å². The zero-order valence-corrected chi connectivity index (χ0v) is 6.25. The molecule has 3 nitrogen and oxygen atoms in total. The molecule has 0 saturated carbocycles. The summed E-state index contributed by atoms with van der Waals surface area (Å²) in [4.78, 5) is 0. The summed E-state index contributed by atoms with van der Waals surface area (Å²) in [6.45, 7) is -4.97. The van der Waals surface area contributed by atoms with Crippen LogP contribution in [0.25, 0.3) is 11.0 Å². The van der Waals surface area contributed by atoms with Crippen LogP contribution in [0.15, 0.2) is 22.8 Å². The van der Waals surface area contributed by atoms with Crippen LogP contribution < -0.4 is 5.46 Å². The fourth-order valence-corrected chi connectivity index (χ4v) is 1.00. The molecule has 0 aliphatic rings. The second-order valence-corrected chi connectivity index (χ2v) is 2.59. The summed E-state index contributed by atoms with van der Waals surface area (Å²) in [6.07, 6.45) is 0. The summed E-state index contributed by atoms with van der Waals surface area (Å²) < 4.78 is 40.9. The van der Waals surface area contributed by atoms with E-state index in [9.17, 15) is 12.9 Å². The molecule has 0 atom stereocenters. The van der Waals surface area contributed by atoms with Crippen LogP contribution in [0.3, 0.4) is 0 Å². The Hall–Kier alpha value is -1.53. The molecule has 0 amide bonds. The van der Waals surface area contributed by atoms with Gasteiger partial charge in [-0.3, -0.25) is 0 Å². The van der Waals surface area contributed by atoms with Crippen molar-refractivity contribution in [3.05, 3.63) is 18.2 Å². The Bertz CT molecular complexity index is 439. The van der Waals surface area contributed by atoms with Crippen LogP contribution in [-0.4, -0.2) is 17.3 Å². The van der Waals surface area contributed by atoms with Gasteiger partial charge in [-0.2, -0.15) is 0 Å². The van der Waals surface area contributed by atoms with Gasteiger partial charge in [0.2, 0.25) is 0 Å². The molecule has 1 aromatic carbocycles. The Kier molecular flexibility index (Phi) is 1.54. The number of benzene rings is 1. The Morgan fingerprint density at radius 3 is 2.46 bits per heavy atom. The lowest BCUT2D eigenvalue weighted by molar-refractivity contribution is 0.315. The summed E-state index contributed by atoms with van der Waals surface area (Å²) in [5.41, 5.74) is -0.247. The van der Waals surface area contributed by atoms with Crippen LogP contribution in [0.1, 0.15) is 0 Å². The van der Waals surface area contributed by atoms with E-state index >= 15 is 0 Å². The van der Waals surface area contributed by atoms with Gasteiger partial charge in [-0.05, 0) is 16.4 Å². The minimum Gasteiger partial charge on any atom is -0.445 e. The summed E-state index contributed by atoms with van der Waals surface area (Å²) in [6, 6.07) is 3.12.